The van der Waals surface area contributed by atoms with Crippen molar-refractivity contribution in [3.63, 3.8) is 0 Å². The molecule has 3 rings (SSSR count). The lowest BCUT2D eigenvalue weighted by Gasteiger charge is -2.34. The number of carbonyl (C=O) groups is 1. The second kappa shape index (κ2) is 7.39. The van der Waals surface area contributed by atoms with E-state index in [1.807, 2.05) is 4.90 Å². The summed E-state index contributed by atoms with van der Waals surface area (Å²) in [7, 11) is 0. The van der Waals surface area contributed by atoms with Crippen LogP contribution in [0.2, 0.25) is 0 Å². The molecule has 0 atom stereocenters. The van der Waals surface area contributed by atoms with E-state index in [9.17, 15) is 13.6 Å². The molecule has 0 aromatic heterocycles. The molecule has 2 N–H and O–H groups in total. The highest BCUT2D eigenvalue weighted by molar-refractivity contribution is 9.10. The van der Waals surface area contributed by atoms with Gasteiger partial charge in [0, 0.05) is 30.4 Å². The molecule has 0 aliphatic carbocycles. The van der Waals surface area contributed by atoms with Gasteiger partial charge in [0.05, 0.1) is 11.3 Å². The summed E-state index contributed by atoms with van der Waals surface area (Å²) >= 11 is 3.25. The van der Waals surface area contributed by atoms with Crippen molar-refractivity contribution in [2.75, 3.05) is 18.0 Å². The summed E-state index contributed by atoms with van der Waals surface area (Å²) in [5, 5.41) is 0. The highest BCUT2D eigenvalue weighted by Gasteiger charge is 2.25. The average Bonchev–Trinajstić information content (AvgIpc) is 2.56. The molecule has 1 fully saturated rings. The first kappa shape index (κ1) is 17.7. The smallest absolute Gasteiger partial charge is 0.253 e. The zero-order valence-corrected chi connectivity index (χ0v) is 14.9. The third kappa shape index (κ3) is 4.10. The topological polar surface area (TPSA) is 55.6 Å². The van der Waals surface area contributed by atoms with E-state index in [0.29, 0.717) is 41.8 Å². The Kier molecular flexibility index (Phi) is 5.22. The number of nitrogens with two attached hydrogens (primary N) is 1. The molecular weight excluding hydrogens is 394 g/mol. The van der Waals surface area contributed by atoms with Crippen LogP contribution in [0.5, 0.6) is 5.75 Å². The summed E-state index contributed by atoms with van der Waals surface area (Å²) < 4.78 is 33.4. The van der Waals surface area contributed by atoms with E-state index in [1.54, 1.807) is 18.2 Å². The molecule has 7 heteroatoms. The number of halogens is 3. The van der Waals surface area contributed by atoms with Crippen LogP contribution in [0.25, 0.3) is 0 Å². The molecule has 2 aromatic carbocycles. The van der Waals surface area contributed by atoms with Gasteiger partial charge < -0.3 is 15.4 Å². The molecule has 1 saturated heterocycles. The number of amides is 1. The zero-order chi connectivity index (χ0) is 18.0. The molecule has 0 unspecified atom stereocenters. The van der Waals surface area contributed by atoms with Gasteiger partial charge in [-0.1, -0.05) is 15.9 Å². The largest absolute Gasteiger partial charge is 0.490 e. The van der Waals surface area contributed by atoms with Gasteiger partial charge in [0.25, 0.3) is 5.91 Å². The third-order valence-corrected chi connectivity index (χ3v) is 4.64. The molecule has 0 bridgehead atoms. The number of carbonyl (C=O) groups excluding carboxylic acids is 1. The van der Waals surface area contributed by atoms with Gasteiger partial charge in [-0.05, 0) is 36.4 Å². The minimum atomic E-state index is -0.787. The molecule has 1 aliphatic rings. The maximum absolute atomic E-state index is 14.1. The molecule has 1 aliphatic heterocycles. The highest BCUT2D eigenvalue weighted by atomic mass is 79.9. The quantitative estimate of drug-likeness (QED) is 0.831. The van der Waals surface area contributed by atoms with E-state index in [0.717, 1.165) is 0 Å². The van der Waals surface area contributed by atoms with Crippen molar-refractivity contribution in [2.24, 2.45) is 5.73 Å². The van der Waals surface area contributed by atoms with Crippen LogP contribution in [0, 0.1) is 11.6 Å². The molecule has 0 saturated carbocycles. The predicted octanol–water partition coefficient (Wildman–Crippen LogP) is 3.87. The second-order valence-electron chi connectivity index (χ2n) is 5.90. The Morgan fingerprint density at radius 2 is 1.80 bits per heavy atom. The molecule has 4 nitrogen and oxygen atoms in total. The lowest BCUT2D eigenvalue weighted by atomic mass is 10.0. The molecule has 132 valence electrons. The summed E-state index contributed by atoms with van der Waals surface area (Å²) in [6.07, 6.45) is 1.38. The number of benzene rings is 2. The van der Waals surface area contributed by atoms with Crippen LogP contribution in [-0.4, -0.2) is 25.1 Å². The van der Waals surface area contributed by atoms with E-state index < -0.39 is 11.7 Å². The Bertz CT molecular complexity index is 775. The van der Waals surface area contributed by atoms with E-state index in [4.69, 9.17) is 10.5 Å². The minimum absolute atomic E-state index is 0.0178. The Hall–Kier alpha value is -2.15. The van der Waals surface area contributed by atoms with Crippen molar-refractivity contribution in [1.82, 2.24) is 0 Å². The van der Waals surface area contributed by atoms with Gasteiger partial charge in [-0.2, -0.15) is 0 Å². The van der Waals surface area contributed by atoms with Crippen LogP contribution in [0.1, 0.15) is 23.2 Å². The molecule has 0 spiro atoms. The van der Waals surface area contributed by atoms with Gasteiger partial charge in [-0.25, -0.2) is 8.78 Å². The minimum Gasteiger partial charge on any atom is -0.490 e. The monoisotopic (exact) mass is 410 g/mol. The van der Waals surface area contributed by atoms with Crippen LogP contribution in [0.4, 0.5) is 14.5 Å². The predicted molar refractivity (Wildman–Crippen MR) is 94.9 cm³/mol. The maximum Gasteiger partial charge on any atom is 0.253 e. The van der Waals surface area contributed by atoms with Crippen molar-refractivity contribution in [1.29, 1.82) is 0 Å². The molecule has 0 radical (unpaired) electrons. The first-order valence-electron chi connectivity index (χ1n) is 7.90. The van der Waals surface area contributed by atoms with E-state index in [-0.39, 0.29) is 17.5 Å². The second-order valence-corrected chi connectivity index (χ2v) is 6.82. The number of rotatable bonds is 4. The number of primary amides is 1. The Labute approximate surface area is 152 Å². The summed E-state index contributed by atoms with van der Waals surface area (Å²) in [6, 6.07) is 8.83. The van der Waals surface area contributed by atoms with E-state index in [1.165, 1.54) is 18.2 Å². The van der Waals surface area contributed by atoms with Crippen LogP contribution in [0.15, 0.2) is 40.9 Å². The number of nitrogens with zero attached hydrogens (tertiary/aromatic N) is 1. The fraction of sp³-hybridized carbons (Fsp3) is 0.278. The molecule has 2 aromatic rings. The Balaban J connectivity index is 1.70. The normalized spacial score (nSPS) is 15.2. The van der Waals surface area contributed by atoms with Crippen LogP contribution >= 0.6 is 15.9 Å². The number of piperidine rings is 1. The van der Waals surface area contributed by atoms with Crippen molar-refractivity contribution in [3.05, 3.63) is 58.1 Å². The van der Waals surface area contributed by atoms with Crippen molar-refractivity contribution >= 4 is 27.5 Å². The van der Waals surface area contributed by atoms with E-state index in [2.05, 4.69) is 15.9 Å². The zero-order valence-electron chi connectivity index (χ0n) is 13.3. The summed E-state index contributed by atoms with van der Waals surface area (Å²) in [6.45, 7) is 1.20. The molecule has 1 amide bonds. The first-order valence-corrected chi connectivity index (χ1v) is 8.69. The lowest BCUT2D eigenvalue weighted by molar-refractivity contribution is 0.0996. The Morgan fingerprint density at radius 3 is 2.40 bits per heavy atom. The van der Waals surface area contributed by atoms with Crippen LogP contribution < -0.4 is 15.4 Å². The number of anilines is 1. The number of hydrogen-bond donors (Lipinski definition) is 1. The first-order chi connectivity index (χ1) is 11.9. The van der Waals surface area contributed by atoms with Crippen molar-refractivity contribution in [2.45, 2.75) is 18.9 Å². The standard InChI is InChI=1S/C18H17BrF2N2O2/c19-11-9-15(21)17(18(22)24)16(10-11)23-7-5-14(6-8-23)25-13-3-1-12(20)2-4-13/h1-4,9-10,14H,5-8H2,(H2,22,24). The van der Waals surface area contributed by atoms with Gasteiger partial charge in [-0.3, -0.25) is 4.79 Å². The highest BCUT2D eigenvalue weighted by Crippen LogP contribution is 2.30. The van der Waals surface area contributed by atoms with Gasteiger partial charge in [0.1, 0.15) is 23.5 Å². The fourth-order valence-electron chi connectivity index (χ4n) is 2.97. The van der Waals surface area contributed by atoms with Crippen LogP contribution in [-0.2, 0) is 0 Å². The Morgan fingerprint density at radius 1 is 1.16 bits per heavy atom. The van der Waals surface area contributed by atoms with Gasteiger partial charge in [0.2, 0.25) is 0 Å². The average molecular weight is 411 g/mol. The maximum atomic E-state index is 14.1. The molecule has 1 heterocycles. The molecule has 25 heavy (non-hydrogen) atoms. The van der Waals surface area contributed by atoms with Gasteiger partial charge in [-0.15, -0.1) is 0 Å². The van der Waals surface area contributed by atoms with Crippen molar-refractivity contribution in [3.8, 4) is 5.75 Å². The summed E-state index contributed by atoms with van der Waals surface area (Å²) in [5.41, 5.74) is 5.73. The van der Waals surface area contributed by atoms with Crippen LogP contribution in [0.3, 0.4) is 0 Å². The summed E-state index contributed by atoms with van der Waals surface area (Å²) in [5.74, 6) is -1.12. The SMILES string of the molecule is NC(=O)c1c(F)cc(Br)cc1N1CCC(Oc2ccc(F)cc2)CC1. The molecular formula is C18H17BrF2N2O2. The van der Waals surface area contributed by atoms with Gasteiger partial charge in [0.15, 0.2) is 0 Å². The number of ether oxygens (including phenoxy) is 1. The van der Waals surface area contributed by atoms with Crippen molar-refractivity contribution < 1.29 is 18.3 Å². The van der Waals surface area contributed by atoms with Gasteiger partial charge >= 0.3 is 0 Å². The number of hydrogen-bond acceptors (Lipinski definition) is 3. The lowest BCUT2D eigenvalue weighted by Crippen LogP contribution is -2.39. The van der Waals surface area contributed by atoms with E-state index >= 15 is 0 Å². The summed E-state index contributed by atoms with van der Waals surface area (Å²) in [4.78, 5) is 13.5. The third-order valence-electron chi connectivity index (χ3n) is 4.18. The fourth-order valence-corrected chi connectivity index (χ4v) is 3.39.